The molecule has 0 unspecified atom stereocenters. The van der Waals surface area contributed by atoms with Crippen LogP contribution in [0.5, 0.6) is 0 Å². The summed E-state index contributed by atoms with van der Waals surface area (Å²) in [6.07, 6.45) is -0.0299. The number of urea groups is 1. The Morgan fingerprint density at radius 1 is 1.36 bits per heavy atom. The van der Waals surface area contributed by atoms with E-state index < -0.39 is 5.97 Å². The summed E-state index contributed by atoms with van der Waals surface area (Å²) in [5.41, 5.74) is 0. The van der Waals surface area contributed by atoms with Gasteiger partial charge < -0.3 is 20.6 Å². The van der Waals surface area contributed by atoms with Gasteiger partial charge in [0, 0.05) is 32.7 Å². The van der Waals surface area contributed by atoms with E-state index in [1.165, 1.54) is 0 Å². The van der Waals surface area contributed by atoms with E-state index >= 15 is 0 Å². The van der Waals surface area contributed by atoms with Crippen LogP contribution in [0, 0.1) is 0 Å². The highest BCUT2D eigenvalue weighted by molar-refractivity contribution is 5.75. The van der Waals surface area contributed by atoms with Crippen LogP contribution in [0.4, 0.5) is 4.79 Å². The Labute approximate surface area is 82.3 Å². The van der Waals surface area contributed by atoms with Gasteiger partial charge in [-0.1, -0.05) is 0 Å². The van der Waals surface area contributed by atoms with Gasteiger partial charge in [0.25, 0.3) is 0 Å². The molecule has 0 radical (unpaired) electrons. The van der Waals surface area contributed by atoms with Crippen molar-refractivity contribution in [1.29, 1.82) is 0 Å². The van der Waals surface area contributed by atoms with E-state index in [1.807, 2.05) is 0 Å². The van der Waals surface area contributed by atoms with Gasteiger partial charge in [0.2, 0.25) is 0 Å². The van der Waals surface area contributed by atoms with Crippen molar-refractivity contribution in [1.82, 2.24) is 15.5 Å². The van der Waals surface area contributed by atoms with Gasteiger partial charge in [0.1, 0.15) is 0 Å². The summed E-state index contributed by atoms with van der Waals surface area (Å²) < 4.78 is 0. The number of piperazine rings is 1. The molecule has 1 saturated heterocycles. The predicted molar refractivity (Wildman–Crippen MR) is 50.1 cm³/mol. The minimum absolute atomic E-state index is 0.0299. The number of rotatable bonds is 3. The Kier molecular flexibility index (Phi) is 4.18. The van der Waals surface area contributed by atoms with Crippen LogP contribution in [0.3, 0.4) is 0 Å². The molecule has 0 aromatic heterocycles. The first kappa shape index (κ1) is 10.8. The van der Waals surface area contributed by atoms with E-state index in [1.54, 1.807) is 4.90 Å². The molecule has 1 fully saturated rings. The molecule has 1 aliphatic heterocycles. The van der Waals surface area contributed by atoms with Crippen LogP contribution in [0.2, 0.25) is 0 Å². The molecule has 1 rings (SSSR count). The minimum atomic E-state index is -0.898. The van der Waals surface area contributed by atoms with E-state index in [0.29, 0.717) is 13.1 Å². The molecule has 0 bridgehead atoms. The van der Waals surface area contributed by atoms with Crippen LogP contribution in [0.25, 0.3) is 0 Å². The molecule has 1 aliphatic rings. The lowest BCUT2D eigenvalue weighted by molar-refractivity contribution is -0.136. The van der Waals surface area contributed by atoms with E-state index in [9.17, 15) is 9.59 Å². The fourth-order valence-corrected chi connectivity index (χ4v) is 1.26. The average Bonchev–Trinajstić information content (AvgIpc) is 2.18. The summed E-state index contributed by atoms with van der Waals surface area (Å²) in [6.45, 7) is 3.15. The van der Waals surface area contributed by atoms with Gasteiger partial charge in [0.15, 0.2) is 0 Å². The van der Waals surface area contributed by atoms with Crippen molar-refractivity contribution in [2.45, 2.75) is 6.42 Å². The molecule has 3 N–H and O–H groups in total. The third-order valence-electron chi connectivity index (χ3n) is 2.02. The molecule has 0 spiro atoms. The quantitative estimate of drug-likeness (QED) is 0.551. The Bertz CT molecular complexity index is 214. The molecule has 0 aromatic carbocycles. The van der Waals surface area contributed by atoms with Gasteiger partial charge >= 0.3 is 12.0 Å². The molecule has 0 saturated carbocycles. The summed E-state index contributed by atoms with van der Waals surface area (Å²) >= 11 is 0. The van der Waals surface area contributed by atoms with Crippen LogP contribution in [-0.2, 0) is 4.79 Å². The second-order valence-electron chi connectivity index (χ2n) is 3.11. The van der Waals surface area contributed by atoms with Crippen LogP contribution >= 0.6 is 0 Å². The maximum atomic E-state index is 11.4. The van der Waals surface area contributed by atoms with Gasteiger partial charge in [0.05, 0.1) is 6.42 Å². The molecular weight excluding hydrogens is 186 g/mol. The second kappa shape index (κ2) is 5.43. The number of nitrogens with one attached hydrogen (secondary N) is 2. The highest BCUT2D eigenvalue weighted by Crippen LogP contribution is 1.92. The van der Waals surface area contributed by atoms with Gasteiger partial charge in [-0.3, -0.25) is 4.79 Å². The van der Waals surface area contributed by atoms with Crippen LogP contribution in [-0.4, -0.2) is 54.7 Å². The van der Waals surface area contributed by atoms with E-state index in [0.717, 1.165) is 13.1 Å². The van der Waals surface area contributed by atoms with Crippen LogP contribution in [0.1, 0.15) is 6.42 Å². The molecule has 6 heteroatoms. The van der Waals surface area contributed by atoms with Crippen molar-refractivity contribution in [2.24, 2.45) is 0 Å². The maximum Gasteiger partial charge on any atom is 0.317 e. The fraction of sp³-hybridized carbons (Fsp3) is 0.750. The van der Waals surface area contributed by atoms with Crippen LogP contribution < -0.4 is 10.6 Å². The molecule has 1 heterocycles. The largest absolute Gasteiger partial charge is 0.481 e. The number of amides is 2. The zero-order valence-corrected chi connectivity index (χ0v) is 7.95. The predicted octanol–water partition coefficient (Wildman–Crippen LogP) is -0.924. The number of carboxylic acid groups (broad SMARTS) is 1. The average molecular weight is 201 g/mol. The molecule has 0 atom stereocenters. The number of carbonyl (C=O) groups is 2. The molecule has 0 aliphatic carbocycles. The van der Waals surface area contributed by atoms with Crippen molar-refractivity contribution in [3.63, 3.8) is 0 Å². The van der Waals surface area contributed by atoms with E-state index in [2.05, 4.69) is 10.6 Å². The van der Waals surface area contributed by atoms with E-state index in [-0.39, 0.29) is 19.0 Å². The lowest BCUT2D eigenvalue weighted by Gasteiger charge is -2.27. The maximum absolute atomic E-state index is 11.4. The van der Waals surface area contributed by atoms with Gasteiger partial charge in [-0.15, -0.1) is 0 Å². The minimum Gasteiger partial charge on any atom is -0.481 e. The summed E-state index contributed by atoms with van der Waals surface area (Å²) in [5, 5.41) is 14.1. The Balaban J connectivity index is 2.16. The highest BCUT2D eigenvalue weighted by Gasteiger charge is 2.15. The first-order chi connectivity index (χ1) is 6.70. The first-order valence-corrected chi connectivity index (χ1v) is 4.65. The van der Waals surface area contributed by atoms with Crippen LogP contribution in [0.15, 0.2) is 0 Å². The van der Waals surface area contributed by atoms with Crippen molar-refractivity contribution in [3.8, 4) is 0 Å². The molecule has 2 amide bonds. The van der Waals surface area contributed by atoms with Crippen molar-refractivity contribution >= 4 is 12.0 Å². The number of nitrogens with zero attached hydrogens (tertiary/aromatic N) is 1. The third kappa shape index (κ3) is 3.61. The first-order valence-electron chi connectivity index (χ1n) is 4.65. The summed E-state index contributed by atoms with van der Waals surface area (Å²) in [5.74, 6) is -0.898. The number of carboxylic acids is 1. The Hall–Kier alpha value is -1.30. The lowest BCUT2D eigenvalue weighted by Crippen LogP contribution is -2.50. The smallest absolute Gasteiger partial charge is 0.317 e. The SMILES string of the molecule is O=C(O)CCNC(=O)N1CCNCC1. The normalized spacial score (nSPS) is 16.4. The molecule has 0 aromatic rings. The number of hydrogen-bond acceptors (Lipinski definition) is 3. The Morgan fingerprint density at radius 3 is 2.57 bits per heavy atom. The molecule has 14 heavy (non-hydrogen) atoms. The topological polar surface area (TPSA) is 81.7 Å². The number of hydrogen-bond donors (Lipinski definition) is 3. The van der Waals surface area contributed by atoms with Crippen molar-refractivity contribution in [2.75, 3.05) is 32.7 Å². The zero-order chi connectivity index (χ0) is 10.4. The molecular formula is C8H15N3O3. The lowest BCUT2D eigenvalue weighted by atomic mass is 10.4. The summed E-state index contributed by atoms with van der Waals surface area (Å²) in [6, 6.07) is -0.173. The number of carbonyl (C=O) groups excluding carboxylic acids is 1. The zero-order valence-electron chi connectivity index (χ0n) is 7.95. The van der Waals surface area contributed by atoms with E-state index in [4.69, 9.17) is 5.11 Å². The molecule has 6 nitrogen and oxygen atoms in total. The number of aliphatic carboxylic acids is 1. The van der Waals surface area contributed by atoms with Gasteiger partial charge in [-0.2, -0.15) is 0 Å². The van der Waals surface area contributed by atoms with Crippen molar-refractivity contribution in [3.05, 3.63) is 0 Å². The highest BCUT2D eigenvalue weighted by atomic mass is 16.4. The summed E-state index contributed by atoms with van der Waals surface area (Å²) in [4.78, 5) is 23.2. The monoisotopic (exact) mass is 201 g/mol. The second-order valence-corrected chi connectivity index (χ2v) is 3.11. The third-order valence-corrected chi connectivity index (χ3v) is 2.02. The van der Waals surface area contributed by atoms with Crippen molar-refractivity contribution < 1.29 is 14.7 Å². The molecule has 80 valence electrons. The van der Waals surface area contributed by atoms with Gasteiger partial charge in [-0.05, 0) is 0 Å². The summed E-state index contributed by atoms with van der Waals surface area (Å²) in [7, 11) is 0. The van der Waals surface area contributed by atoms with Gasteiger partial charge in [-0.25, -0.2) is 4.79 Å². The Morgan fingerprint density at radius 2 is 2.00 bits per heavy atom. The fourth-order valence-electron chi connectivity index (χ4n) is 1.26. The standard InChI is InChI=1S/C8H15N3O3/c12-7(13)1-2-10-8(14)11-5-3-9-4-6-11/h9H,1-6H2,(H,10,14)(H,12,13).